The number of rotatable bonds is 5. The maximum atomic E-state index is 3.79. The van der Waals surface area contributed by atoms with Gasteiger partial charge in [-0.3, -0.25) is 0 Å². The predicted octanol–water partition coefficient (Wildman–Crippen LogP) is 4.16. The second-order valence-electron chi connectivity index (χ2n) is 7.04. The van der Waals surface area contributed by atoms with Crippen LogP contribution in [0.1, 0.15) is 55.2 Å². The molecule has 1 nitrogen and oxygen atoms in total. The molecule has 0 heterocycles. The lowest BCUT2D eigenvalue weighted by Gasteiger charge is -2.30. The van der Waals surface area contributed by atoms with Crippen LogP contribution >= 0.6 is 0 Å². The third kappa shape index (κ3) is 3.39. The smallest absolute Gasteiger partial charge is 0.00684 e. The van der Waals surface area contributed by atoms with Gasteiger partial charge in [0.1, 0.15) is 0 Å². The summed E-state index contributed by atoms with van der Waals surface area (Å²) in [6.07, 6.45) is 9.77. The highest BCUT2D eigenvalue weighted by molar-refractivity contribution is 5.29. The second-order valence-corrected chi connectivity index (χ2v) is 7.04. The number of hydrogen-bond acceptors (Lipinski definition) is 1. The minimum atomic E-state index is 0.544. The summed E-state index contributed by atoms with van der Waals surface area (Å²) >= 11 is 0. The lowest BCUT2D eigenvalue weighted by atomic mass is 9.79. The molecule has 2 fully saturated rings. The van der Waals surface area contributed by atoms with Crippen molar-refractivity contribution in [2.24, 2.45) is 5.41 Å². The lowest BCUT2D eigenvalue weighted by molar-refractivity contribution is 0.276. The summed E-state index contributed by atoms with van der Waals surface area (Å²) in [6.45, 7) is 5.69. The van der Waals surface area contributed by atoms with Gasteiger partial charge in [0.15, 0.2) is 0 Å². The van der Waals surface area contributed by atoms with Gasteiger partial charge in [-0.25, -0.2) is 0 Å². The van der Waals surface area contributed by atoms with Crippen LogP contribution in [0.4, 0.5) is 0 Å². The van der Waals surface area contributed by atoms with E-state index in [1.54, 1.807) is 5.56 Å². The van der Waals surface area contributed by atoms with Crippen LogP contribution in [0.15, 0.2) is 18.2 Å². The molecule has 0 amide bonds. The molecule has 19 heavy (non-hydrogen) atoms. The van der Waals surface area contributed by atoms with Crippen LogP contribution in [0.2, 0.25) is 0 Å². The first kappa shape index (κ1) is 13.2. The van der Waals surface area contributed by atoms with E-state index in [1.807, 2.05) is 0 Å². The van der Waals surface area contributed by atoms with Crippen molar-refractivity contribution in [1.82, 2.24) is 5.32 Å². The van der Waals surface area contributed by atoms with E-state index in [1.165, 1.54) is 62.6 Å². The van der Waals surface area contributed by atoms with Crippen molar-refractivity contribution in [2.45, 2.75) is 64.8 Å². The fourth-order valence-electron chi connectivity index (χ4n) is 3.79. The largest absolute Gasteiger partial charge is 0.313 e. The Morgan fingerprint density at radius 3 is 2.26 bits per heavy atom. The Labute approximate surface area is 117 Å². The zero-order valence-electron chi connectivity index (χ0n) is 12.5. The summed E-state index contributed by atoms with van der Waals surface area (Å²) in [6, 6.07) is 7.92. The average Bonchev–Trinajstić information content (AvgIpc) is 3.06. The third-order valence-corrected chi connectivity index (χ3v) is 4.87. The number of aryl methyl sites for hydroxylation is 2. The van der Waals surface area contributed by atoms with Crippen molar-refractivity contribution in [1.29, 1.82) is 0 Å². The van der Waals surface area contributed by atoms with Gasteiger partial charge in [0.2, 0.25) is 0 Å². The van der Waals surface area contributed by atoms with Crippen molar-refractivity contribution in [3.63, 3.8) is 0 Å². The summed E-state index contributed by atoms with van der Waals surface area (Å²) in [5.41, 5.74) is 4.93. The highest BCUT2D eigenvalue weighted by atomic mass is 15.0. The first-order chi connectivity index (χ1) is 9.15. The number of nitrogens with one attached hydrogen (secondary N) is 1. The molecule has 0 radical (unpaired) electrons. The molecule has 1 aromatic rings. The fourth-order valence-corrected chi connectivity index (χ4v) is 3.79. The van der Waals surface area contributed by atoms with Crippen LogP contribution in [0, 0.1) is 19.3 Å². The maximum Gasteiger partial charge on any atom is 0.00684 e. The Morgan fingerprint density at radius 1 is 1.05 bits per heavy atom. The molecule has 0 aliphatic heterocycles. The molecule has 3 rings (SSSR count). The highest BCUT2D eigenvalue weighted by Gasteiger charge is 2.35. The molecule has 2 saturated carbocycles. The molecular weight excluding hydrogens is 230 g/mol. The van der Waals surface area contributed by atoms with Crippen molar-refractivity contribution in [3.8, 4) is 0 Å². The van der Waals surface area contributed by atoms with Crippen LogP contribution in [0.25, 0.3) is 0 Å². The van der Waals surface area contributed by atoms with Gasteiger partial charge in [-0.05, 0) is 56.9 Å². The summed E-state index contributed by atoms with van der Waals surface area (Å²) < 4.78 is 0. The molecule has 0 spiro atoms. The SMILES string of the molecule is Cc1cc(C)cc(CC2(CNC3CC3)CCCC2)c1. The third-order valence-electron chi connectivity index (χ3n) is 4.87. The molecular formula is C18H27N. The van der Waals surface area contributed by atoms with Crippen molar-refractivity contribution >= 4 is 0 Å². The van der Waals surface area contributed by atoms with E-state index in [9.17, 15) is 0 Å². The van der Waals surface area contributed by atoms with Gasteiger partial charge in [-0.1, -0.05) is 42.2 Å². The van der Waals surface area contributed by atoms with E-state index in [-0.39, 0.29) is 0 Å². The first-order valence-corrected chi connectivity index (χ1v) is 7.96. The van der Waals surface area contributed by atoms with Gasteiger partial charge < -0.3 is 5.32 Å². The highest BCUT2D eigenvalue weighted by Crippen LogP contribution is 2.41. The van der Waals surface area contributed by atoms with Gasteiger partial charge in [0.05, 0.1) is 0 Å². The Hall–Kier alpha value is -0.820. The Morgan fingerprint density at radius 2 is 1.68 bits per heavy atom. The summed E-state index contributed by atoms with van der Waals surface area (Å²) in [4.78, 5) is 0. The van der Waals surface area contributed by atoms with Gasteiger partial charge in [0, 0.05) is 12.6 Å². The topological polar surface area (TPSA) is 12.0 Å². The molecule has 1 aromatic carbocycles. The van der Waals surface area contributed by atoms with Crippen LogP contribution in [0.5, 0.6) is 0 Å². The van der Waals surface area contributed by atoms with Crippen molar-refractivity contribution in [2.75, 3.05) is 6.54 Å². The average molecular weight is 257 g/mol. The zero-order valence-corrected chi connectivity index (χ0v) is 12.5. The minimum Gasteiger partial charge on any atom is -0.313 e. The predicted molar refractivity (Wildman–Crippen MR) is 81.5 cm³/mol. The van der Waals surface area contributed by atoms with E-state index < -0.39 is 0 Å². The molecule has 0 bridgehead atoms. The molecule has 2 aliphatic rings. The van der Waals surface area contributed by atoms with E-state index in [2.05, 4.69) is 37.4 Å². The normalized spacial score (nSPS) is 21.8. The van der Waals surface area contributed by atoms with Crippen LogP contribution in [0.3, 0.4) is 0 Å². The van der Waals surface area contributed by atoms with Crippen LogP contribution < -0.4 is 5.32 Å². The molecule has 0 saturated heterocycles. The van der Waals surface area contributed by atoms with Crippen molar-refractivity contribution in [3.05, 3.63) is 34.9 Å². The molecule has 104 valence electrons. The van der Waals surface area contributed by atoms with E-state index in [0.29, 0.717) is 5.41 Å². The van der Waals surface area contributed by atoms with Crippen LogP contribution in [-0.4, -0.2) is 12.6 Å². The Kier molecular flexibility index (Phi) is 3.66. The Bertz CT molecular complexity index is 419. The minimum absolute atomic E-state index is 0.544. The Balaban J connectivity index is 1.72. The van der Waals surface area contributed by atoms with Gasteiger partial charge in [-0.15, -0.1) is 0 Å². The molecule has 1 heteroatoms. The maximum absolute atomic E-state index is 3.79. The van der Waals surface area contributed by atoms with Gasteiger partial charge in [-0.2, -0.15) is 0 Å². The van der Waals surface area contributed by atoms with Crippen molar-refractivity contribution < 1.29 is 0 Å². The summed E-state index contributed by atoms with van der Waals surface area (Å²) in [5.74, 6) is 0. The van der Waals surface area contributed by atoms with E-state index in [0.717, 1.165) is 6.04 Å². The van der Waals surface area contributed by atoms with E-state index in [4.69, 9.17) is 0 Å². The number of hydrogen-bond donors (Lipinski definition) is 1. The van der Waals surface area contributed by atoms with Gasteiger partial charge >= 0.3 is 0 Å². The summed E-state index contributed by atoms with van der Waals surface area (Å²) in [5, 5.41) is 3.79. The monoisotopic (exact) mass is 257 g/mol. The lowest BCUT2D eigenvalue weighted by Crippen LogP contribution is -2.35. The van der Waals surface area contributed by atoms with Gasteiger partial charge in [0.25, 0.3) is 0 Å². The second kappa shape index (κ2) is 5.28. The fraction of sp³-hybridized carbons (Fsp3) is 0.667. The quantitative estimate of drug-likeness (QED) is 0.835. The summed E-state index contributed by atoms with van der Waals surface area (Å²) in [7, 11) is 0. The van der Waals surface area contributed by atoms with E-state index >= 15 is 0 Å². The van der Waals surface area contributed by atoms with Crippen LogP contribution in [-0.2, 0) is 6.42 Å². The molecule has 0 atom stereocenters. The zero-order chi connectivity index (χ0) is 13.3. The number of benzene rings is 1. The molecule has 0 aromatic heterocycles. The molecule has 2 aliphatic carbocycles. The molecule has 1 N–H and O–H groups in total. The molecule has 0 unspecified atom stereocenters. The first-order valence-electron chi connectivity index (χ1n) is 7.96. The standard InChI is InChI=1S/C18H27N/c1-14-9-15(2)11-16(10-14)12-18(7-3-4-8-18)13-19-17-5-6-17/h9-11,17,19H,3-8,12-13H2,1-2H3.